The number of rotatable bonds is 4. The van der Waals surface area contributed by atoms with E-state index >= 15 is 0 Å². The van der Waals surface area contributed by atoms with Gasteiger partial charge in [0.15, 0.2) is 0 Å². The fourth-order valence-electron chi connectivity index (χ4n) is 1.62. The van der Waals surface area contributed by atoms with E-state index in [0.717, 1.165) is 0 Å². The number of hydrogen-bond donors (Lipinski definition) is 2. The molecule has 0 saturated heterocycles. The minimum Gasteiger partial charge on any atom is -0.478 e. The van der Waals surface area contributed by atoms with E-state index < -0.39 is 16.0 Å². The molecule has 2 rings (SSSR count). The van der Waals surface area contributed by atoms with Gasteiger partial charge in [-0.1, -0.05) is 37.9 Å². The summed E-state index contributed by atoms with van der Waals surface area (Å²) in [5, 5.41) is 8.98. The molecule has 0 saturated carbocycles. The van der Waals surface area contributed by atoms with Crippen molar-refractivity contribution in [2.45, 2.75) is 4.90 Å². The minimum absolute atomic E-state index is 0.0173. The van der Waals surface area contributed by atoms with E-state index in [2.05, 4.69) is 36.6 Å². The van der Waals surface area contributed by atoms with Crippen LogP contribution in [0.3, 0.4) is 0 Å². The van der Waals surface area contributed by atoms with Gasteiger partial charge in [-0.3, -0.25) is 4.72 Å². The molecule has 0 aliphatic heterocycles. The van der Waals surface area contributed by atoms with Gasteiger partial charge in [0.05, 0.1) is 16.1 Å². The minimum atomic E-state index is -3.79. The van der Waals surface area contributed by atoms with E-state index in [1.165, 1.54) is 30.3 Å². The van der Waals surface area contributed by atoms with Gasteiger partial charge >= 0.3 is 5.97 Å². The Labute approximate surface area is 138 Å². The first-order chi connectivity index (χ1) is 9.78. The number of carbonyl (C=O) groups is 1. The van der Waals surface area contributed by atoms with E-state index in [4.69, 9.17) is 5.11 Å². The van der Waals surface area contributed by atoms with Crippen LogP contribution in [0.2, 0.25) is 0 Å². The largest absolute Gasteiger partial charge is 0.478 e. The van der Waals surface area contributed by atoms with Gasteiger partial charge in [-0.15, -0.1) is 0 Å². The number of nitrogens with one attached hydrogen (secondary N) is 1. The van der Waals surface area contributed by atoms with Crippen LogP contribution in [-0.2, 0) is 10.0 Å². The highest BCUT2D eigenvalue weighted by Gasteiger charge is 2.16. The number of carboxylic acid groups (broad SMARTS) is 1. The van der Waals surface area contributed by atoms with Crippen LogP contribution in [-0.4, -0.2) is 19.5 Å². The third-order valence-electron chi connectivity index (χ3n) is 2.50. The maximum absolute atomic E-state index is 12.3. The molecule has 8 heteroatoms. The molecule has 21 heavy (non-hydrogen) atoms. The maximum Gasteiger partial charge on any atom is 0.335 e. The zero-order valence-electron chi connectivity index (χ0n) is 10.4. The maximum atomic E-state index is 12.3. The standard InChI is InChI=1S/C13H9Br2NO4S/c14-9-2-1-3-12(7-9)21(19,20)16-11-5-8(13(17)18)4-10(15)6-11/h1-7,16H,(H,17,18). The lowest BCUT2D eigenvalue weighted by molar-refractivity contribution is 0.0697. The molecular weight excluding hydrogens is 426 g/mol. The van der Waals surface area contributed by atoms with Crippen molar-refractivity contribution in [1.29, 1.82) is 0 Å². The average molecular weight is 435 g/mol. The van der Waals surface area contributed by atoms with Gasteiger partial charge in [0.1, 0.15) is 0 Å². The molecule has 0 aromatic heterocycles. The average Bonchev–Trinajstić information content (AvgIpc) is 2.37. The lowest BCUT2D eigenvalue weighted by atomic mass is 10.2. The van der Waals surface area contributed by atoms with E-state index in [1.807, 2.05) is 0 Å². The second kappa shape index (κ2) is 6.17. The highest BCUT2D eigenvalue weighted by Crippen LogP contribution is 2.23. The molecule has 2 aromatic rings. The molecule has 0 bridgehead atoms. The van der Waals surface area contributed by atoms with Crippen LogP contribution >= 0.6 is 31.9 Å². The molecule has 0 aliphatic rings. The van der Waals surface area contributed by atoms with Crippen LogP contribution in [0.4, 0.5) is 5.69 Å². The summed E-state index contributed by atoms with van der Waals surface area (Å²) in [6.07, 6.45) is 0. The first-order valence-electron chi connectivity index (χ1n) is 5.60. The smallest absolute Gasteiger partial charge is 0.335 e. The molecule has 0 atom stereocenters. The van der Waals surface area contributed by atoms with Gasteiger partial charge in [0.2, 0.25) is 0 Å². The van der Waals surface area contributed by atoms with Gasteiger partial charge in [-0.05, 0) is 36.4 Å². The molecule has 110 valence electrons. The van der Waals surface area contributed by atoms with Crippen LogP contribution in [0, 0.1) is 0 Å². The molecule has 0 spiro atoms. The first-order valence-corrected chi connectivity index (χ1v) is 8.67. The Kier molecular flexibility index (Phi) is 4.70. The summed E-state index contributed by atoms with van der Waals surface area (Å²) < 4.78 is 28.0. The molecule has 0 fully saturated rings. The number of aromatic carboxylic acids is 1. The summed E-state index contributed by atoms with van der Waals surface area (Å²) in [4.78, 5) is 11.1. The van der Waals surface area contributed by atoms with Gasteiger partial charge in [-0.2, -0.15) is 0 Å². The van der Waals surface area contributed by atoms with Crippen LogP contribution in [0.25, 0.3) is 0 Å². The van der Waals surface area contributed by atoms with Crippen LogP contribution in [0.1, 0.15) is 10.4 Å². The van der Waals surface area contributed by atoms with E-state index in [1.54, 1.807) is 12.1 Å². The SMILES string of the molecule is O=C(O)c1cc(Br)cc(NS(=O)(=O)c2cccc(Br)c2)c1. The molecule has 2 aromatic carbocycles. The number of carboxylic acids is 1. The number of anilines is 1. The third kappa shape index (κ3) is 4.05. The summed E-state index contributed by atoms with van der Waals surface area (Å²) in [7, 11) is -3.79. The zero-order chi connectivity index (χ0) is 15.6. The van der Waals surface area contributed by atoms with Crippen LogP contribution < -0.4 is 4.72 Å². The van der Waals surface area contributed by atoms with Crippen molar-refractivity contribution in [3.8, 4) is 0 Å². The van der Waals surface area contributed by atoms with E-state index in [-0.39, 0.29) is 16.1 Å². The molecule has 0 radical (unpaired) electrons. The lowest BCUT2D eigenvalue weighted by Crippen LogP contribution is -2.13. The fourth-order valence-corrected chi connectivity index (χ4v) is 3.75. The molecule has 0 unspecified atom stereocenters. The van der Waals surface area contributed by atoms with Crippen LogP contribution in [0.15, 0.2) is 56.3 Å². The van der Waals surface area contributed by atoms with Crippen molar-refractivity contribution >= 4 is 53.5 Å². The van der Waals surface area contributed by atoms with E-state index in [9.17, 15) is 13.2 Å². The third-order valence-corrected chi connectivity index (χ3v) is 4.83. The molecular formula is C13H9Br2NO4S. The van der Waals surface area contributed by atoms with Crippen molar-refractivity contribution < 1.29 is 18.3 Å². The van der Waals surface area contributed by atoms with Crippen molar-refractivity contribution in [2.24, 2.45) is 0 Å². The monoisotopic (exact) mass is 433 g/mol. The Hall–Kier alpha value is -1.38. The van der Waals surface area contributed by atoms with Gasteiger partial charge in [0.25, 0.3) is 10.0 Å². The topological polar surface area (TPSA) is 83.5 Å². The molecule has 0 aliphatic carbocycles. The fraction of sp³-hybridized carbons (Fsp3) is 0. The van der Waals surface area contributed by atoms with Gasteiger partial charge < -0.3 is 5.11 Å². The molecule has 0 heterocycles. The quantitative estimate of drug-likeness (QED) is 0.768. The summed E-state index contributed by atoms with van der Waals surface area (Å²) in [6, 6.07) is 10.3. The summed E-state index contributed by atoms with van der Waals surface area (Å²) >= 11 is 6.36. The highest BCUT2D eigenvalue weighted by molar-refractivity contribution is 9.10. The van der Waals surface area contributed by atoms with Crippen LogP contribution in [0.5, 0.6) is 0 Å². The predicted octanol–water partition coefficient (Wildman–Crippen LogP) is 3.71. The van der Waals surface area contributed by atoms with Crippen molar-refractivity contribution in [3.63, 3.8) is 0 Å². The number of hydrogen-bond acceptors (Lipinski definition) is 3. The Morgan fingerprint density at radius 1 is 1.05 bits per heavy atom. The van der Waals surface area contributed by atoms with Crippen molar-refractivity contribution in [3.05, 3.63) is 57.0 Å². The Bertz CT molecular complexity index is 806. The first kappa shape index (κ1) is 16.0. The summed E-state index contributed by atoms with van der Waals surface area (Å²) in [5.74, 6) is -1.14. The second-order valence-electron chi connectivity index (χ2n) is 4.10. The number of halogens is 2. The highest BCUT2D eigenvalue weighted by atomic mass is 79.9. The van der Waals surface area contributed by atoms with E-state index in [0.29, 0.717) is 8.95 Å². The molecule has 2 N–H and O–H groups in total. The van der Waals surface area contributed by atoms with Crippen molar-refractivity contribution in [2.75, 3.05) is 4.72 Å². The zero-order valence-corrected chi connectivity index (χ0v) is 14.4. The van der Waals surface area contributed by atoms with Gasteiger partial charge in [-0.25, -0.2) is 13.2 Å². The lowest BCUT2D eigenvalue weighted by Gasteiger charge is -2.09. The Morgan fingerprint density at radius 2 is 1.76 bits per heavy atom. The predicted molar refractivity (Wildman–Crippen MR) is 86.1 cm³/mol. The molecule has 5 nitrogen and oxygen atoms in total. The molecule has 0 amide bonds. The Balaban J connectivity index is 2.39. The summed E-state index contributed by atoms with van der Waals surface area (Å²) in [5.41, 5.74) is 0.151. The number of benzene rings is 2. The number of sulfonamides is 1. The Morgan fingerprint density at radius 3 is 2.38 bits per heavy atom. The normalized spacial score (nSPS) is 11.1. The van der Waals surface area contributed by atoms with Gasteiger partial charge in [0, 0.05) is 8.95 Å². The second-order valence-corrected chi connectivity index (χ2v) is 7.61. The summed E-state index contributed by atoms with van der Waals surface area (Å²) in [6.45, 7) is 0. The van der Waals surface area contributed by atoms with Crippen molar-refractivity contribution in [1.82, 2.24) is 0 Å².